The van der Waals surface area contributed by atoms with Crippen LogP contribution in [0.25, 0.3) is 0 Å². The summed E-state index contributed by atoms with van der Waals surface area (Å²) in [5.74, 6) is 0.465. The largest absolute Gasteiger partial charge is 0.434 e. The highest BCUT2D eigenvalue weighted by Crippen LogP contribution is 2.21. The van der Waals surface area contributed by atoms with E-state index in [1.54, 1.807) is 13.0 Å². The number of nitrogens with zero attached hydrogens (tertiary/aromatic N) is 3. The molecule has 6 nitrogen and oxygen atoms in total. The molecule has 0 spiro atoms. The Kier molecular flexibility index (Phi) is 4.46. The number of para-hydroxylation sites is 1. The lowest BCUT2D eigenvalue weighted by Crippen LogP contribution is -2.27. The Bertz CT molecular complexity index is 630. The minimum Gasteiger partial charge on any atom is -0.434 e. The summed E-state index contributed by atoms with van der Waals surface area (Å²) in [6.07, 6.45) is 0. The van der Waals surface area contributed by atoms with Crippen molar-refractivity contribution in [2.45, 2.75) is 20.1 Å². The molecule has 1 amide bonds. The smallest absolute Gasteiger partial charge is 0.387 e. The van der Waals surface area contributed by atoms with Crippen LogP contribution in [0.15, 0.2) is 24.3 Å². The van der Waals surface area contributed by atoms with E-state index in [1.165, 1.54) is 30.1 Å². The molecule has 0 saturated carbocycles. The Morgan fingerprint density at radius 3 is 2.76 bits per heavy atom. The second-order valence-corrected chi connectivity index (χ2v) is 4.37. The van der Waals surface area contributed by atoms with Gasteiger partial charge in [-0.25, -0.2) is 4.98 Å². The van der Waals surface area contributed by atoms with Crippen LogP contribution in [0.4, 0.5) is 8.78 Å². The number of aromatic amines is 1. The molecule has 1 aromatic heterocycles. The molecule has 0 fully saturated rings. The predicted molar refractivity (Wildman–Crippen MR) is 70.0 cm³/mol. The van der Waals surface area contributed by atoms with Crippen molar-refractivity contribution in [1.82, 2.24) is 20.1 Å². The number of benzene rings is 1. The number of hydrogen-bond acceptors (Lipinski definition) is 4. The molecule has 2 rings (SSSR count). The number of alkyl halides is 2. The molecule has 0 aliphatic carbocycles. The number of aryl methyl sites for hydroxylation is 1. The molecular weight excluding hydrogens is 282 g/mol. The van der Waals surface area contributed by atoms with Gasteiger partial charge < -0.3 is 9.64 Å². The lowest BCUT2D eigenvalue weighted by molar-refractivity contribution is -0.0502. The first-order valence-corrected chi connectivity index (χ1v) is 6.14. The fourth-order valence-corrected chi connectivity index (χ4v) is 1.79. The molecule has 0 bridgehead atoms. The number of amides is 1. The predicted octanol–water partition coefficient (Wildman–Crippen LogP) is 1.99. The molecule has 1 N–H and O–H groups in total. The lowest BCUT2D eigenvalue weighted by atomic mass is 10.2. The second-order valence-electron chi connectivity index (χ2n) is 4.37. The molecule has 1 heterocycles. The standard InChI is InChI=1S/C13H14F2N4O2/c1-8-16-11(18-17-8)7-19(2)12(20)9-5-3-4-6-10(9)21-13(14)15/h3-6,13H,7H2,1-2H3,(H,16,17,18). The lowest BCUT2D eigenvalue weighted by Gasteiger charge is -2.17. The number of halogens is 2. The Hall–Kier alpha value is -2.51. The molecule has 0 aliphatic rings. The number of H-pyrrole nitrogens is 1. The number of rotatable bonds is 5. The van der Waals surface area contributed by atoms with Gasteiger partial charge in [-0.3, -0.25) is 9.89 Å². The monoisotopic (exact) mass is 296 g/mol. The average Bonchev–Trinajstić information content (AvgIpc) is 2.83. The molecular formula is C13H14F2N4O2. The average molecular weight is 296 g/mol. The van der Waals surface area contributed by atoms with Gasteiger partial charge in [-0.2, -0.15) is 13.9 Å². The molecule has 1 aromatic carbocycles. The zero-order chi connectivity index (χ0) is 15.4. The van der Waals surface area contributed by atoms with Gasteiger partial charge in [0.25, 0.3) is 5.91 Å². The van der Waals surface area contributed by atoms with Crippen molar-refractivity contribution in [3.63, 3.8) is 0 Å². The maximum Gasteiger partial charge on any atom is 0.387 e. The summed E-state index contributed by atoms with van der Waals surface area (Å²) in [6, 6.07) is 5.85. The summed E-state index contributed by atoms with van der Waals surface area (Å²) in [5, 5.41) is 6.59. The van der Waals surface area contributed by atoms with Crippen LogP contribution < -0.4 is 4.74 Å². The number of carbonyl (C=O) groups excluding carboxylic acids is 1. The highest BCUT2D eigenvalue weighted by molar-refractivity contribution is 5.96. The van der Waals surface area contributed by atoms with Crippen LogP contribution in [-0.4, -0.2) is 39.6 Å². The van der Waals surface area contributed by atoms with E-state index in [4.69, 9.17) is 0 Å². The minimum absolute atomic E-state index is 0.0626. The molecule has 0 unspecified atom stereocenters. The first-order chi connectivity index (χ1) is 9.97. The van der Waals surface area contributed by atoms with Crippen molar-refractivity contribution in [1.29, 1.82) is 0 Å². The Balaban J connectivity index is 2.15. The van der Waals surface area contributed by atoms with Gasteiger partial charge in [0.15, 0.2) is 5.82 Å². The van der Waals surface area contributed by atoms with Gasteiger partial charge in [0.1, 0.15) is 11.6 Å². The Morgan fingerprint density at radius 2 is 2.14 bits per heavy atom. The zero-order valence-corrected chi connectivity index (χ0v) is 11.5. The zero-order valence-electron chi connectivity index (χ0n) is 11.5. The van der Waals surface area contributed by atoms with E-state index in [1.807, 2.05) is 0 Å². The number of aromatic nitrogens is 3. The molecule has 0 aliphatic heterocycles. The van der Waals surface area contributed by atoms with Gasteiger partial charge in [0, 0.05) is 7.05 Å². The van der Waals surface area contributed by atoms with Gasteiger partial charge in [-0.1, -0.05) is 12.1 Å². The highest BCUT2D eigenvalue weighted by Gasteiger charge is 2.19. The SMILES string of the molecule is Cc1nc(CN(C)C(=O)c2ccccc2OC(F)F)n[nH]1. The fraction of sp³-hybridized carbons (Fsp3) is 0.308. The van der Waals surface area contributed by atoms with Gasteiger partial charge in [-0.05, 0) is 19.1 Å². The van der Waals surface area contributed by atoms with Crippen LogP contribution in [0.5, 0.6) is 5.75 Å². The summed E-state index contributed by atoms with van der Waals surface area (Å²) in [5.41, 5.74) is 0.0626. The highest BCUT2D eigenvalue weighted by atomic mass is 19.3. The van der Waals surface area contributed by atoms with Gasteiger partial charge in [-0.15, -0.1) is 0 Å². The van der Waals surface area contributed by atoms with E-state index in [9.17, 15) is 13.6 Å². The van der Waals surface area contributed by atoms with Crippen LogP contribution in [0.2, 0.25) is 0 Å². The van der Waals surface area contributed by atoms with Gasteiger partial charge in [0.05, 0.1) is 12.1 Å². The van der Waals surface area contributed by atoms with Crippen LogP contribution >= 0.6 is 0 Å². The third-order valence-corrected chi connectivity index (χ3v) is 2.70. The van der Waals surface area contributed by atoms with Gasteiger partial charge in [0.2, 0.25) is 0 Å². The fourth-order valence-electron chi connectivity index (χ4n) is 1.79. The maximum absolute atomic E-state index is 12.3. The first-order valence-electron chi connectivity index (χ1n) is 6.14. The van der Waals surface area contributed by atoms with E-state index < -0.39 is 12.5 Å². The second kappa shape index (κ2) is 6.29. The first kappa shape index (κ1) is 14.9. The number of nitrogens with one attached hydrogen (secondary N) is 1. The van der Waals surface area contributed by atoms with Crippen molar-refractivity contribution < 1.29 is 18.3 Å². The summed E-state index contributed by atoms with van der Waals surface area (Å²) in [7, 11) is 1.53. The summed E-state index contributed by atoms with van der Waals surface area (Å²) < 4.78 is 29.0. The van der Waals surface area contributed by atoms with Crippen LogP contribution in [0, 0.1) is 6.92 Å². The normalized spacial score (nSPS) is 10.7. The van der Waals surface area contributed by atoms with Crippen molar-refractivity contribution >= 4 is 5.91 Å². The number of hydrogen-bond donors (Lipinski definition) is 1. The van der Waals surface area contributed by atoms with Crippen LogP contribution in [0.3, 0.4) is 0 Å². The molecule has 0 radical (unpaired) electrons. The molecule has 8 heteroatoms. The van der Waals surface area contributed by atoms with E-state index in [0.717, 1.165) is 0 Å². The summed E-state index contributed by atoms with van der Waals surface area (Å²) in [4.78, 5) is 17.7. The maximum atomic E-state index is 12.3. The number of ether oxygens (including phenoxy) is 1. The topological polar surface area (TPSA) is 71.1 Å². The summed E-state index contributed by atoms with van der Waals surface area (Å²) in [6.45, 7) is -1.09. The van der Waals surface area contributed by atoms with Gasteiger partial charge >= 0.3 is 6.61 Å². The molecule has 2 aromatic rings. The van der Waals surface area contributed by atoms with Crippen LogP contribution in [0.1, 0.15) is 22.0 Å². The molecule has 112 valence electrons. The molecule has 0 atom stereocenters. The van der Waals surface area contributed by atoms with Crippen LogP contribution in [-0.2, 0) is 6.54 Å². The molecule has 0 saturated heterocycles. The van der Waals surface area contributed by atoms with E-state index >= 15 is 0 Å². The number of carbonyl (C=O) groups is 1. The Morgan fingerprint density at radius 1 is 1.43 bits per heavy atom. The van der Waals surface area contributed by atoms with E-state index in [-0.39, 0.29) is 17.9 Å². The minimum atomic E-state index is -2.99. The van der Waals surface area contributed by atoms with Crippen molar-refractivity contribution in [3.8, 4) is 5.75 Å². The van der Waals surface area contributed by atoms with E-state index in [0.29, 0.717) is 11.6 Å². The van der Waals surface area contributed by atoms with E-state index in [2.05, 4.69) is 19.9 Å². The third kappa shape index (κ3) is 3.74. The third-order valence-electron chi connectivity index (χ3n) is 2.70. The van der Waals surface area contributed by atoms with Crippen molar-refractivity contribution in [3.05, 3.63) is 41.5 Å². The van der Waals surface area contributed by atoms with Crippen molar-refractivity contribution in [2.75, 3.05) is 7.05 Å². The molecule has 21 heavy (non-hydrogen) atoms. The quantitative estimate of drug-likeness (QED) is 0.916. The van der Waals surface area contributed by atoms with Crippen molar-refractivity contribution in [2.24, 2.45) is 0 Å². The Labute approximate surface area is 119 Å². The summed E-state index contributed by atoms with van der Waals surface area (Å²) >= 11 is 0.